The number of nitrogens with zero attached hydrogens (tertiary/aromatic N) is 3. The summed E-state index contributed by atoms with van der Waals surface area (Å²) in [5.41, 5.74) is 0.462. The topological polar surface area (TPSA) is 71.2 Å². The Morgan fingerprint density at radius 1 is 1.00 bits per heavy atom. The zero-order chi connectivity index (χ0) is 25.5. The number of hydrogen-bond donors (Lipinski definition) is 0. The number of aromatic nitrogens is 2. The minimum Gasteiger partial charge on any atom is -0.837 e. The standard InChI is InChI=1S/C30H30ClN3O3/c1-21-12-13-25(18-26(21)31)36-27-19-34(16-14-22(27)15-17-34)20-28-32-29(33-37-28)30(35,23-8-4-2-5-9-23)24-10-6-3-7-11-24/h2-13,18,22,27H,14-17,19-20H2,1H3/t22?,27-,34?/m0/s1. The molecule has 4 aromatic rings. The van der Waals surface area contributed by atoms with Crippen LogP contribution >= 0.6 is 11.6 Å². The Morgan fingerprint density at radius 2 is 1.65 bits per heavy atom. The Morgan fingerprint density at radius 3 is 2.27 bits per heavy atom. The predicted octanol–water partition coefficient (Wildman–Crippen LogP) is 4.87. The van der Waals surface area contributed by atoms with Crippen molar-refractivity contribution in [2.75, 3.05) is 19.6 Å². The van der Waals surface area contributed by atoms with E-state index in [-0.39, 0.29) is 11.9 Å². The van der Waals surface area contributed by atoms with Gasteiger partial charge in [-0.25, -0.2) is 0 Å². The normalized spacial score (nSPS) is 23.2. The second kappa shape index (κ2) is 9.60. The minimum atomic E-state index is -1.75. The van der Waals surface area contributed by atoms with E-state index < -0.39 is 5.60 Å². The number of hydrogen-bond acceptors (Lipinski definition) is 5. The van der Waals surface area contributed by atoms with Crippen molar-refractivity contribution in [3.05, 3.63) is 112 Å². The van der Waals surface area contributed by atoms with Gasteiger partial charge >= 0.3 is 0 Å². The zero-order valence-electron chi connectivity index (χ0n) is 20.8. The van der Waals surface area contributed by atoms with Gasteiger partial charge in [0.25, 0.3) is 5.89 Å². The molecule has 7 rings (SSSR count). The molecule has 3 fully saturated rings. The minimum absolute atomic E-state index is 0.107. The third-order valence-corrected chi connectivity index (χ3v) is 8.49. The average molecular weight is 516 g/mol. The number of rotatable bonds is 7. The number of ether oxygens (including phenoxy) is 1. The number of benzene rings is 3. The Bertz CT molecular complexity index is 1330. The van der Waals surface area contributed by atoms with E-state index in [0.717, 1.165) is 53.3 Å². The van der Waals surface area contributed by atoms with Crippen molar-refractivity contribution in [3.63, 3.8) is 0 Å². The Balaban J connectivity index is 1.25. The fraction of sp³-hybridized carbons (Fsp3) is 0.333. The summed E-state index contributed by atoms with van der Waals surface area (Å²) in [6, 6.07) is 24.5. The van der Waals surface area contributed by atoms with Gasteiger partial charge in [-0.3, -0.25) is 0 Å². The van der Waals surface area contributed by atoms with Crippen LogP contribution in [0.5, 0.6) is 5.75 Å². The van der Waals surface area contributed by atoms with Crippen molar-refractivity contribution < 1.29 is 18.8 Å². The summed E-state index contributed by atoms with van der Waals surface area (Å²) >= 11 is 6.34. The van der Waals surface area contributed by atoms with Gasteiger partial charge in [0, 0.05) is 29.4 Å². The first-order valence-electron chi connectivity index (χ1n) is 12.9. The van der Waals surface area contributed by atoms with Crippen molar-refractivity contribution in [2.45, 2.75) is 38.0 Å². The van der Waals surface area contributed by atoms with Gasteiger partial charge in [0.2, 0.25) is 0 Å². The first-order valence-corrected chi connectivity index (χ1v) is 13.3. The van der Waals surface area contributed by atoms with Gasteiger partial charge in [-0.15, -0.1) is 0 Å². The smallest absolute Gasteiger partial charge is 0.281 e. The summed E-state index contributed by atoms with van der Waals surface area (Å²) in [6.07, 6.45) is 2.28. The van der Waals surface area contributed by atoms with Crippen molar-refractivity contribution in [2.24, 2.45) is 5.92 Å². The second-order valence-electron chi connectivity index (χ2n) is 10.5. The van der Waals surface area contributed by atoms with Crippen LogP contribution in [-0.2, 0) is 12.1 Å². The van der Waals surface area contributed by atoms with Crippen LogP contribution in [0.25, 0.3) is 0 Å². The molecule has 0 saturated carbocycles. The molecule has 2 bridgehead atoms. The van der Waals surface area contributed by atoms with Crippen LogP contribution in [0.2, 0.25) is 5.02 Å². The Hall–Kier alpha value is -3.19. The SMILES string of the molecule is Cc1ccc(O[C@H]2C[N+]3(Cc4nc(C([O-])(c5ccccc5)c5ccccc5)no4)CCC2CC3)cc1Cl. The van der Waals surface area contributed by atoms with Crippen LogP contribution in [0.15, 0.2) is 83.4 Å². The Kier molecular flexibility index (Phi) is 6.27. The molecule has 0 unspecified atom stereocenters. The highest BCUT2D eigenvalue weighted by Gasteiger charge is 2.48. The van der Waals surface area contributed by atoms with Crippen LogP contribution in [0.3, 0.4) is 0 Å². The Labute approximate surface area is 222 Å². The molecule has 0 aliphatic carbocycles. The monoisotopic (exact) mass is 515 g/mol. The lowest BCUT2D eigenvalue weighted by Crippen LogP contribution is -2.64. The van der Waals surface area contributed by atoms with E-state index in [1.165, 1.54) is 0 Å². The van der Waals surface area contributed by atoms with Crippen LogP contribution < -0.4 is 9.84 Å². The van der Waals surface area contributed by atoms with Crippen LogP contribution in [0, 0.1) is 12.8 Å². The third-order valence-electron chi connectivity index (χ3n) is 8.09. The summed E-state index contributed by atoms with van der Waals surface area (Å²) < 4.78 is 13.0. The molecule has 0 amide bonds. The lowest BCUT2D eigenvalue weighted by molar-refractivity contribution is -0.959. The zero-order valence-corrected chi connectivity index (χ0v) is 21.6. The van der Waals surface area contributed by atoms with Crippen LogP contribution in [0.1, 0.15) is 41.2 Å². The quantitative estimate of drug-likeness (QED) is 0.328. The van der Waals surface area contributed by atoms with E-state index in [4.69, 9.17) is 25.8 Å². The molecule has 3 saturated heterocycles. The summed E-state index contributed by atoms with van der Waals surface area (Å²) in [4.78, 5) is 4.71. The molecule has 4 heterocycles. The summed E-state index contributed by atoms with van der Waals surface area (Å²) in [5.74, 6) is 1.99. The van der Waals surface area contributed by atoms with E-state index in [1.54, 1.807) is 0 Å². The molecule has 190 valence electrons. The van der Waals surface area contributed by atoms with E-state index in [0.29, 0.717) is 29.5 Å². The third kappa shape index (κ3) is 4.54. The average Bonchev–Trinajstić information content (AvgIpc) is 3.40. The molecular weight excluding hydrogens is 486 g/mol. The molecule has 6 nitrogen and oxygen atoms in total. The molecule has 3 aromatic carbocycles. The number of aryl methyl sites for hydroxylation is 1. The fourth-order valence-electron chi connectivity index (χ4n) is 5.92. The molecule has 3 aliphatic heterocycles. The largest absolute Gasteiger partial charge is 0.837 e. The number of quaternary nitrogens is 1. The van der Waals surface area contributed by atoms with Gasteiger partial charge in [-0.05, 0) is 35.7 Å². The maximum atomic E-state index is 14.5. The highest BCUT2D eigenvalue weighted by Crippen LogP contribution is 2.38. The number of fused-ring (bicyclic) bond motifs is 3. The first kappa shape index (κ1) is 24.2. The highest BCUT2D eigenvalue weighted by atomic mass is 35.5. The fourth-order valence-corrected chi connectivity index (χ4v) is 6.09. The van der Waals surface area contributed by atoms with E-state index in [2.05, 4.69) is 5.16 Å². The molecule has 1 aromatic heterocycles. The molecule has 0 spiro atoms. The predicted molar refractivity (Wildman–Crippen MR) is 139 cm³/mol. The lowest BCUT2D eigenvalue weighted by Gasteiger charge is -2.51. The van der Waals surface area contributed by atoms with Crippen molar-refractivity contribution in [1.82, 2.24) is 10.1 Å². The summed E-state index contributed by atoms with van der Waals surface area (Å²) in [5, 5.41) is 19.4. The molecule has 1 atom stereocenters. The van der Waals surface area contributed by atoms with Crippen LogP contribution in [0.4, 0.5) is 0 Å². The molecular formula is C30H30ClN3O3. The number of halogens is 1. The van der Waals surface area contributed by atoms with Gasteiger partial charge in [0.05, 0.1) is 13.1 Å². The van der Waals surface area contributed by atoms with Crippen molar-refractivity contribution in [1.29, 1.82) is 0 Å². The van der Waals surface area contributed by atoms with Gasteiger partial charge in [0.15, 0.2) is 18.5 Å². The van der Waals surface area contributed by atoms with Gasteiger partial charge < -0.3 is 18.8 Å². The summed E-state index contributed by atoms with van der Waals surface area (Å²) in [6.45, 7) is 5.53. The van der Waals surface area contributed by atoms with E-state index >= 15 is 0 Å². The second-order valence-corrected chi connectivity index (χ2v) is 10.9. The maximum absolute atomic E-state index is 14.5. The first-order chi connectivity index (χ1) is 18.0. The number of piperidine rings is 3. The van der Waals surface area contributed by atoms with Gasteiger partial charge in [0.1, 0.15) is 12.3 Å². The molecule has 0 radical (unpaired) electrons. The molecule has 37 heavy (non-hydrogen) atoms. The van der Waals surface area contributed by atoms with Gasteiger partial charge in [-0.1, -0.05) is 83.5 Å². The van der Waals surface area contributed by atoms with E-state index in [1.807, 2.05) is 85.8 Å². The molecule has 7 heteroatoms. The highest BCUT2D eigenvalue weighted by molar-refractivity contribution is 6.31. The maximum Gasteiger partial charge on any atom is 0.281 e. The lowest BCUT2D eigenvalue weighted by atomic mass is 9.83. The van der Waals surface area contributed by atoms with Crippen LogP contribution in [-0.4, -0.2) is 40.4 Å². The molecule has 0 N–H and O–H groups in total. The van der Waals surface area contributed by atoms with Gasteiger partial charge in [-0.2, -0.15) is 4.98 Å². The molecule has 3 aliphatic rings. The summed E-state index contributed by atoms with van der Waals surface area (Å²) in [7, 11) is 0. The van der Waals surface area contributed by atoms with E-state index in [9.17, 15) is 5.11 Å². The van der Waals surface area contributed by atoms with Crippen molar-refractivity contribution >= 4 is 11.6 Å². The van der Waals surface area contributed by atoms with Crippen molar-refractivity contribution in [3.8, 4) is 5.75 Å².